The van der Waals surface area contributed by atoms with Gasteiger partial charge in [0.2, 0.25) is 15.9 Å². The van der Waals surface area contributed by atoms with Crippen LogP contribution in [-0.2, 0) is 14.8 Å². The molecule has 0 spiro atoms. The van der Waals surface area contributed by atoms with Gasteiger partial charge in [-0.15, -0.1) is 0 Å². The van der Waals surface area contributed by atoms with Crippen molar-refractivity contribution in [3.63, 3.8) is 0 Å². The van der Waals surface area contributed by atoms with Crippen molar-refractivity contribution in [3.8, 4) is 0 Å². The summed E-state index contributed by atoms with van der Waals surface area (Å²) < 4.78 is 38.7. The van der Waals surface area contributed by atoms with Gasteiger partial charge in [0, 0.05) is 0 Å². The molecule has 0 aliphatic heterocycles. The van der Waals surface area contributed by atoms with Crippen LogP contribution in [0.25, 0.3) is 0 Å². The van der Waals surface area contributed by atoms with Gasteiger partial charge in [-0.1, -0.05) is 23.8 Å². The standard InChI is InChI=1S/C20H25FN2O3S/c1-13-6-11-19(14(2)12-13)15(3)22-20(24)16(4)23(27(5,25)26)18-9-7-17(21)8-10-18/h6-12,15-16H,1-5H3,(H,22,24)/t15-,16+/m1/s1. The fraction of sp³-hybridized carbons (Fsp3) is 0.350. The zero-order chi connectivity index (χ0) is 20.4. The first kappa shape index (κ1) is 20.9. The predicted molar refractivity (Wildman–Crippen MR) is 106 cm³/mol. The molecule has 2 aromatic rings. The van der Waals surface area contributed by atoms with Gasteiger partial charge in [-0.2, -0.15) is 0 Å². The number of aryl methyl sites for hydroxylation is 2. The Hall–Kier alpha value is -2.41. The zero-order valence-electron chi connectivity index (χ0n) is 16.2. The molecule has 0 heterocycles. The Bertz CT molecular complexity index is 927. The van der Waals surface area contributed by atoms with E-state index in [1.54, 1.807) is 0 Å². The van der Waals surface area contributed by atoms with Crippen molar-refractivity contribution in [3.05, 3.63) is 65.0 Å². The molecule has 0 aromatic heterocycles. The largest absolute Gasteiger partial charge is 0.348 e. The van der Waals surface area contributed by atoms with Gasteiger partial charge in [0.15, 0.2) is 0 Å². The molecule has 1 N–H and O–H groups in total. The SMILES string of the molecule is Cc1ccc([C@@H](C)NC(=O)[C@H](C)N(c2ccc(F)cc2)S(C)(=O)=O)c(C)c1. The van der Waals surface area contributed by atoms with Crippen LogP contribution in [0.5, 0.6) is 0 Å². The van der Waals surface area contributed by atoms with Gasteiger partial charge in [0.25, 0.3) is 0 Å². The Kier molecular flexibility index (Phi) is 6.26. The lowest BCUT2D eigenvalue weighted by Crippen LogP contribution is -2.48. The highest BCUT2D eigenvalue weighted by molar-refractivity contribution is 7.92. The molecule has 2 rings (SSSR count). The number of carbonyl (C=O) groups is 1. The maximum atomic E-state index is 13.2. The first-order chi connectivity index (χ1) is 12.5. The fourth-order valence-electron chi connectivity index (χ4n) is 3.12. The van der Waals surface area contributed by atoms with Crippen LogP contribution in [-0.4, -0.2) is 26.6 Å². The van der Waals surface area contributed by atoms with Crippen molar-refractivity contribution in [2.75, 3.05) is 10.6 Å². The maximum absolute atomic E-state index is 13.2. The number of carbonyl (C=O) groups excluding carboxylic acids is 1. The van der Waals surface area contributed by atoms with E-state index < -0.39 is 27.8 Å². The third kappa shape index (κ3) is 5.07. The summed E-state index contributed by atoms with van der Waals surface area (Å²) in [4.78, 5) is 12.7. The lowest BCUT2D eigenvalue weighted by Gasteiger charge is -2.29. The first-order valence-electron chi connectivity index (χ1n) is 8.63. The average Bonchev–Trinajstić information content (AvgIpc) is 2.55. The first-order valence-corrected chi connectivity index (χ1v) is 10.5. The molecule has 7 heteroatoms. The Morgan fingerprint density at radius 3 is 2.19 bits per heavy atom. The minimum atomic E-state index is -3.74. The van der Waals surface area contributed by atoms with E-state index >= 15 is 0 Å². The predicted octanol–water partition coefficient (Wildman–Crippen LogP) is 3.47. The summed E-state index contributed by atoms with van der Waals surface area (Å²) in [6.07, 6.45) is 1.02. The van der Waals surface area contributed by atoms with Gasteiger partial charge in [0.1, 0.15) is 11.9 Å². The van der Waals surface area contributed by atoms with Crippen molar-refractivity contribution in [2.24, 2.45) is 0 Å². The third-order valence-corrected chi connectivity index (χ3v) is 5.66. The van der Waals surface area contributed by atoms with Crippen molar-refractivity contribution in [1.29, 1.82) is 0 Å². The van der Waals surface area contributed by atoms with Gasteiger partial charge in [0.05, 0.1) is 18.0 Å². The smallest absolute Gasteiger partial charge is 0.244 e. The molecule has 2 aromatic carbocycles. The molecule has 0 radical (unpaired) electrons. The second-order valence-corrected chi connectivity index (χ2v) is 8.66. The number of hydrogen-bond acceptors (Lipinski definition) is 3. The van der Waals surface area contributed by atoms with E-state index in [0.717, 1.165) is 39.4 Å². The summed E-state index contributed by atoms with van der Waals surface area (Å²) in [6.45, 7) is 7.32. The summed E-state index contributed by atoms with van der Waals surface area (Å²) >= 11 is 0. The van der Waals surface area contributed by atoms with E-state index in [-0.39, 0.29) is 11.7 Å². The van der Waals surface area contributed by atoms with Gasteiger partial charge in [-0.3, -0.25) is 9.10 Å². The highest BCUT2D eigenvalue weighted by atomic mass is 32.2. The van der Waals surface area contributed by atoms with E-state index in [1.165, 1.54) is 19.1 Å². The van der Waals surface area contributed by atoms with Crippen LogP contribution in [0.4, 0.5) is 10.1 Å². The maximum Gasteiger partial charge on any atom is 0.244 e. The number of halogens is 1. The van der Waals surface area contributed by atoms with Crippen LogP contribution < -0.4 is 9.62 Å². The topological polar surface area (TPSA) is 66.5 Å². The molecule has 0 bridgehead atoms. The summed E-state index contributed by atoms with van der Waals surface area (Å²) in [5.41, 5.74) is 3.38. The molecule has 2 atom stereocenters. The van der Waals surface area contributed by atoms with E-state index in [0.29, 0.717) is 0 Å². The zero-order valence-corrected chi connectivity index (χ0v) is 17.0. The Balaban J connectivity index is 2.25. The van der Waals surface area contributed by atoms with Crippen molar-refractivity contribution in [1.82, 2.24) is 5.32 Å². The number of nitrogens with zero attached hydrogens (tertiary/aromatic N) is 1. The number of sulfonamides is 1. The van der Waals surface area contributed by atoms with Gasteiger partial charge in [-0.25, -0.2) is 12.8 Å². The Morgan fingerprint density at radius 1 is 1.07 bits per heavy atom. The number of nitrogens with one attached hydrogen (secondary N) is 1. The summed E-state index contributed by atoms with van der Waals surface area (Å²) in [5, 5.41) is 2.87. The van der Waals surface area contributed by atoms with Crippen LogP contribution in [0.3, 0.4) is 0 Å². The molecule has 0 saturated heterocycles. The molecule has 146 valence electrons. The van der Waals surface area contributed by atoms with Crippen LogP contribution >= 0.6 is 0 Å². The van der Waals surface area contributed by atoms with E-state index in [1.807, 2.05) is 39.0 Å². The van der Waals surface area contributed by atoms with Crippen molar-refractivity contribution >= 4 is 21.6 Å². The lowest BCUT2D eigenvalue weighted by molar-refractivity contribution is -0.122. The minimum absolute atomic E-state index is 0.237. The number of rotatable bonds is 6. The Morgan fingerprint density at radius 2 is 1.67 bits per heavy atom. The van der Waals surface area contributed by atoms with Crippen LogP contribution in [0.15, 0.2) is 42.5 Å². The highest BCUT2D eigenvalue weighted by Gasteiger charge is 2.30. The molecule has 0 unspecified atom stereocenters. The normalized spacial score (nSPS) is 13.7. The quantitative estimate of drug-likeness (QED) is 0.819. The van der Waals surface area contributed by atoms with Gasteiger partial charge < -0.3 is 5.32 Å². The molecule has 0 aliphatic carbocycles. The minimum Gasteiger partial charge on any atom is -0.348 e. The number of benzene rings is 2. The van der Waals surface area contributed by atoms with E-state index in [2.05, 4.69) is 5.32 Å². The molecule has 1 amide bonds. The molecule has 0 aliphatic rings. The number of amides is 1. The molecule has 5 nitrogen and oxygen atoms in total. The summed E-state index contributed by atoms with van der Waals surface area (Å²) in [6, 6.07) is 9.69. The average molecular weight is 392 g/mol. The summed E-state index contributed by atoms with van der Waals surface area (Å²) in [5.74, 6) is -0.912. The molecule has 0 fully saturated rings. The molecule has 0 saturated carbocycles. The second-order valence-electron chi connectivity index (χ2n) is 6.80. The lowest BCUT2D eigenvalue weighted by atomic mass is 10.00. The fourth-order valence-corrected chi connectivity index (χ4v) is 4.29. The van der Waals surface area contributed by atoms with Crippen LogP contribution in [0.2, 0.25) is 0 Å². The molecule has 27 heavy (non-hydrogen) atoms. The highest BCUT2D eigenvalue weighted by Crippen LogP contribution is 2.23. The van der Waals surface area contributed by atoms with E-state index in [9.17, 15) is 17.6 Å². The summed E-state index contributed by atoms with van der Waals surface area (Å²) in [7, 11) is -3.74. The Labute approximate surface area is 160 Å². The molecular formula is C20H25FN2O3S. The van der Waals surface area contributed by atoms with Crippen molar-refractivity contribution < 1.29 is 17.6 Å². The van der Waals surface area contributed by atoms with Crippen LogP contribution in [0, 0.1) is 19.7 Å². The number of hydrogen-bond donors (Lipinski definition) is 1. The second kappa shape index (κ2) is 8.08. The van der Waals surface area contributed by atoms with E-state index in [4.69, 9.17) is 0 Å². The third-order valence-electron chi connectivity index (χ3n) is 4.42. The molecular weight excluding hydrogens is 367 g/mol. The van der Waals surface area contributed by atoms with Crippen molar-refractivity contribution in [2.45, 2.75) is 39.8 Å². The van der Waals surface area contributed by atoms with Gasteiger partial charge >= 0.3 is 0 Å². The van der Waals surface area contributed by atoms with Crippen LogP contribution in [0.1, 0.15) is 36.6 Å². The van der Waals surface area contributed by atoms with Gasteiger partial charge in [-0.05, 0) is 63.1 Å². The number of anilines is 1. The monoisotopic (exact) mass is 392 g/mol.